The maximum Gasteiger partial charge on any atom is 0.364 e. The van der Waals surface area contributed by atoms with Crippen LogP contribution in [0.5, 0.6) is 0 Å². The van der Waals surface area contributed by atoms with E-state index < -0.39 is 0 Å². The van der Waals surface area contributed by atoms with Crippen LogP contribution in [-0.2, 0) is 0 Å². The monoisotopic (exact) mass is 332 g/mol. The second-order valence-electron chi connectivity index (χ2n) is 6.95. The van der Waals surface area contributed by atoms with Crippen molar-refractivity contribution >= 4 is 40.7 Å². The van der Waals surface area contributed by atoms with Crippen molar-refractivity contribution in [3.05, 3.63) is 0 Å². The summed E-state index contributed by atoms with van der Waals surface area (Å²) in [6, 6.07) is 0. The van der Waals surface area contributed by atoms with Gasteiger partial charge in [-0.1, -0.05) is 105 Å². The van der Waals surface area contributed by atoms with Crippen molar-refractivity contribution in [3.63, 3.8) is 0 Å². The van der Waals surface area contributed by atoms with Gasteiger partial charge in [0.15, 0.2) is 0 Å². The van der Waals surface area contributed by atoms with Crippen molar-refractivity contribution in [2.24, 2.45) is 0 Å². The molecule has 2 heteroatoms. The fourth-order valence-corrected chi connectivity index (χ4v) is 6.74. The van der Waals surface area contributed by atoms with Gasteiger partial charge >= 0.3 is 40.7 Å². The zero-order valence-electron chi connectivity index (χ0n) is 16.7. The lowest BCUT2D eigenvalue weighted by Crippen LogP contribution is -1.89. The third-order valence-corrected chi connectivity index (χ3v) is 8.41. The van der Waals surface area contributed by atoms with Gasteiger partial charge in [0.05, 0.1) is 0 Å². The molecule has 0 rings (SSSR count). The number of unbranched alkanes of at least 4 members (excludes halogenated alkanes) is 8. The highest BCUT2D eigenvalue weighted by atomic mass is 24.5. The summed E-state index contributed by atoms with van der Waals surface area (Å²) in [5.74, 6) is 0. The first-order valence-corrected chi connectivity index (χ1v) is 14.8. The van der Waals surface area contributed by atoms with Gasteiger partial charge in [-0.15, -0.1) is 18.2 Å². The number of hydrogen-bond acceptors (Lipinski definition) is 0. The summed E-state index contributed by atoms with van der Waals surface area (Å²) >= 11 is 0.750. The Bertz CT molecular complexity index is 144. The predicted molar refractivity (Wildman–Crippen MR) is 109 cm³/mol. The molecule has 0 aromatic carbocycles. The Morgan fingerprint density at radius 1 is 0.364 bits per heavy atom. The van der Waals surface area contributed by atoms with Crippen LogP contribution in [0.2, 0.25) is 18.2 Å². The Balaban J connectivity index is 0. The fraction of sp³-hybridized carbons (Fsp3) is 1.00. The normalized spacial score (nSPS) is 9.64. The van der Waals surface area contributed by atoms with E-state index in [4.69, 9.17) is 0 Å². The highest BCUT2D eigenvalue weighted by molar-refractivity contribution is 6.35. The van der Waals surface area contributed by atoms with E-state index in [1.54, 1.807) is 24.6 Å². The third-order valence-electron chi connectivity index (χ3n) is 4.41. The van der Waals surface area contributed by atoms with Crippen molar-refractivity contribution in [1.82, 2.24) is 0 Å². The summed E-state index contributed by atoms with van der Waals surface area (Å²) in [7, 11) is 0. The minimum absolute atomic E-state index is 0.361. The van der Waals surface area contributed by atoms with Crippen molar-refractivity contribution in [1.29, 1.82) is 0 Å². The summed E-state index contributed by atoms with van der Waals surface area (Å²) in [5.41, 5.74) is 0. The van der Waals surface area contributed by atoms with Gasteiger partial charge in [-0.3, -0.25) is 0 Å². The molecule has 0 heterocycles. The topological polar surface area (TPSA) is 0 Å². The molecule has 0 radical (unpaired) electrons. The lowest BCUT2D eigenvalue weighted by molar-refractivity contribution is 0.623. The van der Waals surface area contributed by atoms with E-state index in [0.29, 0.717) is 40.7 Å². The average Bonchev–Trinajstić information content (AvgIpc) is 2.54. The molecule has 0 aliphatic rings. The molecule has 0 unspecified atom stereocenters. The molecule has 0 spiro atoms. The van der Waals surface area contributed by atoms with Crippen molar-refractivity contribution in [2.45, 2.75) is 123 Å². The first-order valence-electron chi connectivity index (χ1n) is 10.8. The fourth-order valence-electron chi connectivity index (χ4n) is 2.77. The van der Waals surface area contributed by atoms with E-state index in [9.17, 15) is 0 Å². The Labute approximate surface area is 162 Å². The smallest absolute Gasteiger partial charge is 0.146 e. The minimum Gasteiger partial charge on any atom is -0.146 e. The molecule has 0 aliphatic carbocycles. The minimum atomic E-state index is 0.361. The van der Waals surface area contributed by atoms with E-state index in [-0.39, 0.29) is 0 Å². The lowest BCUT2D eigenvalue weighted by atomic mass is 10.1. The van der Waals surface area contributed by atoms with Gasteiger partial charge in [0.25, 0.3) is 0 Å². The summed E-state index contributed by atoms with van der Waals surface area (Å²) in [4.78, 5) is 0. The Morgan fingerprint density at radius 2 is 0.682 bits per heavy atom. The molecule has 0 nitrogen and oxygen atoms in total. The predicted octanol–water partition coefficient (Wildman–Crippen LogP) is 7.82. The second-order valence-corrected chi connectivity index (χ2v) is 11.2. The third kappa shape index (κ3) is 29.5. The largest absolute Gasteiger partial charge is 0.364 e. The summed E-state index contributed by atoms with van der Waals surface area (Å²) < 4.78 is 6.41. The van der Waals surface area contributed by atoms with Crippen LogP contribution in [0.3, 0.4) is 0 Å². The molecule has 0 saturated carbocycles. The van der Waals surface area contributed by atoms with Crippen molar-refractivity contribution < 1.29 is 0 Å². The van der Waals surface area contributed by atoms with Gasteiger partial charge in [0.2, 0.25) is 0 Å². The molecule has 0 N–H and O–H groups in total. The molecular formula is C20H44Mg2. The molecule has 0 amide bonds. The van der Waals surface area contributed by atoms with Gasteiger partial charge in [0, 0.05) is 0 Å². The molecule has 128 valence electrons. The van der Waals surface area contributed by atoms with Crippen LogP contribution in [-0.4, -0.2) is 40.7 Å². The molecule has 22 heavy (non-hydrogen) atoms. The van der Waals surface area contributed by atoms with Gasteiger partial charge in [0.1, 0.15) is 0 Å². The van der Waals surface area contributed by atoms with Crippen LogP contribution >= 0.6 is 0 Å². The molecule has 0 fully saturated rings. The Morgan fingerprint density at radius 3 is 1.09 bits per heavy atom. The molecule has 0 bridgehead atoms. The van der Waals surface area contributed by atoms with E-state index >= 15 is 0 Å². The standard InChI is InChI=1S/C8H17.3C4H9.2Mg/c1-3-5-7-8-6-4-2;3*1-3-4-2;;/h1,3-8H2,2H3;3*1,3-4H2,2H3;;. The quantitative estimate of drug-likeness (QED) is 0.199. The van der Waals surface area contributed by atoms with Crippen LogP contribution < -0.4 is 0 Å². The van der Waals surface area contributed by atoms with E-state index in [0.717, 1.165) is 0 Å². The summed E-state index contributed by atoms with van der Waals surface area (Å²) in [6.45, 7) is 9.17. The highest BCUT2D eigenvalue weighted by Gasteiger charge is 1.95. The molecule has 0 saturated heterocycles. The SMILES string of the molecule is CCCCCCC[CH2][Mg][CH2]CCC.CCC[CH2][Mg][CH2]CCC. The van der Waals surface area contributed by atoms with Crippen LogP contribution in [0.1, 0.15) is 105 Å². The van der Waals surface area contributed by atoms with Crippen LogP contribution in [0.25, 0.3) is 0 Å². The van der Waals surface area contributed by atoms with Crippen LogP contribution in [0.4, 0.5) is 0 Å². The first kappa shape index (κ1) is 25.8. The number of rotatable bonds is 16. The van der Waals surface area contributed by atoms with Crippen LogP contribution in [0.15, 0.2) is 0 Å². The second kappa shape index (κ2) is 27.4. The van der Waals surface area contributed by atoms with E-state index in [1.165, 1.54) is 70.6 Å². The zero-order valence-corrected chi connectivity index (χ0v) is 19.6. The summed E-state index contributed by atoms with van der Waals surface area (Å²) in [5, 5.41) is 0. The maximum atomic E-state index is 2.30. The first-order chi connectivity index (χ1) is 10.8. The zero-order chi connectivity index (χ0) is 16.7. The van der Waals surface area contributed by atoms with Gasteiger partial charge in [-0.25, -0.2) is 0 Å². The number of hydrogen-bond donors (Lipinski definition) is 0. The Kier molecular flexibility index (Phi) is 32.1. The highest BCUT2D eigenvalue weighted by Crippen LogP contribution is 2.08. The van der Waals surface area contributed by atoms with Gasteiger partial charge in [-0.2, -0.15) is 0 Å². The molecule has 0 atom stereocenters. The van der Waals surface area contributed by atoms with Gasteiger partial charge < -0.3 is 0 Å². The lowest BCUT2D eigenvalue weighted by Gasteiger charge is -1.99. The van der Waals surface area contributed by atoms with Crippen molar-refractivity contribution in [2.75, 3.05) is 0 Å². The summed E-state index contributed by atoms with van der Waals surface area (Å²) in [6.07, 6.45) is 17.6. The van der Waals surface area contributed by atoms with Crippen molar-refractivity contribution in [3.8, 4) is 0 Å². The van der Waals surface area contributed by atoms with Crippen LogP contribution in [0, 0.1) is 0 Å². The molecular weight excluding hydrogens is 289 g/mol. The molecule has 0 aromatic heterocycles. The molecule has 0 aliphatic heterocycles. The van der Waals surface area contributed by atoms with E-state index in [2.05, 4.69) is 27.7 Å². The van der Waals surface area contributed by atoms with E-state index in [1.807, 2.05) is 0 Å². The maximum absolute atomic E-state index is 2.30. The Hall–Kier alpha value is 1.53. The molecule has 0 aromatic rings. The van der Waals surface area contributed by atoms with Gasteiger partial charge in [-0.05, 0) is 0 Å². The average molecular weight is 333 g/mol.